The lowest BCUT2D eigenvalue weighted by atomic mass is 9.88. The van der Waals surface area contributed by atoms with Gasteiger partial charge in [-0.2, -0.15) is 0 Å². The van der Waals surface area contributed by atoms with Crippen LogP contribution in [0.2, 0.25) is 0 Å². The maximum atomic E-state index is 13.4. The molecule has 0 aromatic rings. The van der Waals surface area contributed by atoms with E-state index in [2.05, 4.69) is 24.5 Å². The summed E-state index contributed by atoms with van der Waals surface area (Å²) in [5.41, 5.74) is 0. The molecule has 18 atom stereocenters. The number of nitrogens with one attached hydrogen (secondary N) is 2. The van der Waals surface area contributed by atoms with Crippen molar-refractivity contribution in [2.24, 2.45) is 0 Å². The van der Waals surface area contributed by atoms with Gasteiger partial charge in [-0.15, -0.1) is 0 Å². The van der Waals surface area contributed by atoms with Gasteiger partial charge >= 0.3 is 5.97 Å². The normalized spacial score (nSPS) is 30.6. The Kier molecular flexibility index (Phi) is 36.1. The number of carboxylic acid groups (broad SMARTS) is 1. The number of hydrogen-bond donors (Lipinski definition) is 14. The lowest BCUT2D eigenvalue weighted by Gasteiger charge is -2.50. The van der Waals surface area contributed by atoms with E-state index in [1.54, 1.807) is 0 Å². The Bertz CT molecular complexity index is 1660. The van der Waals surface area contributed by atoms with Crippen LogP contribution < -0.4 is 10.6 Å². The van der Waals surface area contributed by atoms with Gasteiger partial charge in [0.25, 0.3) is 5.79 Å². The Hall–Kier alpha value is -2.27. The topological polar surface area (TPSA) is 373 Å². The molecule has 23 nitrogen and oxygen atoms in total. The van der Waals surface area contributed by atoms with E-state index in [9.17, 15) is 75.7 Å². The highest BCUT2D eigenvalue weighted by Gasteiger charge is 2.60. The molecule has 2 amide bonds. The quantitative estimate of drug-likeness (QED) is 0.0390. The number of aliphatic hydroxyl groups excluding tert-OH is 11. The van der Waals surface area contributed by atoms with Crippen molar-refractivity contribution < 1.29 is 104 Å². The van der Waals surface area contributed by atoms with Gasteiger partial charge in [0.15, 0.2) is 12.6 Å². The van der Waals surface area contributed by atoms with Crippen LogP contribution in [0.1, 0.15) is 207 Å². The molecule has 3 aliphatic rings. The van der Waals surface area contributed by atoms with Gasteiger partial charge in [-0.25, -0.2) is 4.79 Å². The van der Waals surface area contributed by atoms with E-state index in [1.807, 2.05) is 0 Å². The minimum Gasteiger partial charge on any atom is -0.477 e. The number of carbonyl (C=O) groups excluding carboxylic acids is 2. The van der Waals surface area contributed by atoms with Crippen molar-refractivity contribution in [2.75, 3.05) is 26.4 Å². The molecule has 470 valence electrons. The molecule has 0 aromatic heterocycles. The monoisotopic (exact) mass is 1150 g/mol. The zero-order chi connectivity index (χ0) is 59.0. The van der Waals surface area contributed by atoms with Gasteiger partial charge in [0, 0.05) is 19.8 Å². The number of aliphatic hydroxyl groups is 11. The molecule has 3 saturated heterocycles. The summed E-state index contributed by atoms with van der Waals surface area (Å²) in [4.78, 5) is 38.4. The van der Waals surface area contributed by atoms with Crippen LogP contribution in [0.4, 0.5) is 0 Å². The summed E-state index contributed by atoms with van der Waals surface area (Å²) in [6.07, 6.45) is 1.32. The predicted molar refractivity (Wildman–Crippen MR) is 292 cm³/mol. The van der Waals surface area contributed by atoms with Gasteiger partial charge in [-0.1, -0.05) is 174 Å². The highest BCUT2D eigenvalue weighted by atomic mass is 16.8. The van der Waals surface area contributed by atoms with Gasteiger partial charge in [0.05, 0.1) is 50.7 Å². The van der Waals surface area contributed by atoms with Crippen molar-refractivity contribution in [3.63, 3.8) is 0 Å². The number of unbranched alkanes of at least 4 members (excludes halogenated alkanes) is 24. The molecule has 3 aliphatic heterocycles. The predicted octanol–water partition coefficient (Wildman–Crippen LogP) is 2.61. The van der Waals surface area contributed by atoms with Gasteiger partial charge in [-0.3, -0.25) is 9.59 Å². The maximum Gasteiger partial charge on any atom is 0.364 e. The van der Waals surface area contributed by atoms with Crippen molar-refractivity contribution in [1.29, 1.82) is 0 Å². The average Bonchev–Trinajstić information content (AvgIpc) is 3.44. The standard InChI is InChI=1S/C57H106N2O21/c1-4-6-8-10-12-14-16-18-20-22-24-26-28-30-39(64)38(59-44(67)31-29-27-25-23-21-19-17-15-13-11-9-7-5-2)36-75-54-49(71)48(70)51(43(35-62)77-54)78-55-50(72)53(47(69)42(34-61)76-55)80-57(56(73)74)32-40(65)45(58-37(3)63)52(79-57)46(68)41(66)33-60/h38-43,45-55,60-62,64-66,68-72H,4-36H2,1-3H3,(H,58,63)(H,59,67)(H,73,74). The number of ether oxygens (including phenoxy) is 6. The number of aliphatic carboxylic acids is 1. The van der Waals surface area contributed by atoms with E-state index in [0.29, 0.717) is 19.3 Å². The molecule has 0 aromatic carbocycles. The molecule has 0 saturated carbocycles. The first-order chi connectivity index (χ1) is 38.4. The number of carbonyl (C=O) groups is 3. The van der Waals surface area contributed by atoms with Gasteiger partial charge < -0.3 is 100 Å². The van der Waals surface area contributed by atoms with Crippen molar-refractivity contribution in [3.8, 4) is 0 Å². The van der Waals surface area contributed by atoms with Crippen LogP contribution in [-0.4, -0.2) is 215 Å². The van der Waals surface area contributed by atoms with Gasteiger partial charge in [0.1, 0.15) is 67.1 Å². The SMILES string of the molecule is CCCCCCCCCCCCCCCC(=O)NC(COC1OC(CO)C(OC2OC(CO)C(O)C(OC3(C(=O)O)CC(O)C(NC(C)=O)C(C(O)C(O)CO)O3)C2O)C(O)C1O)C(O)CCCCCCCCCCCCCCC. The van der Waals surface area contributed by atoms with Crippen molar-refractivity contribution >= 4 is 17.8 Å². The number of amides is 2. The van der Waals surface area contributed by atoms with Crippen LogP contribution in [0.15, 0.2) is 0 Å². The fourth-order valence-electron chi connectivity index (χ4n) is 10.9. The molecular formula is C57H106N2O21. The molecule has 0 spiro atoms. The van der Waals surface area contributed by atoms with E-state index in [1.165, 1.54) is 103 Å². The Balaban J connectivity index is 1.67. The summed E-state index contributed by atoms with van der Waals surface area (Å²) in [7, 11) is 0. The fourth-order valence-corrected chi connectivity index (χ4v) is 10.9. The molecule has 0 radical (unpaired) electrons. The lowest BCUT2D eigenvalue weighted by molar-refractivity contribution is -0.386. The zero-order valence-corrected chi connectivity index (χ0v) is 48.2. The van der Waals surface area contributed by atoms with Gasteiger partial charge in [-0.05, 0) is 12.8 Å². The molecule has 3 rings (SSSR count). The number of carboxylic acids is 1. The summed E-state index contributed by atoms with van der Waals surface area (Å²) >= 11 is 0. The lowest BCUT2D eigenvalue weighted by Crippen LogP contribution is -2.70. The third kappa shape index (κ3) is 24.4. The molecule has 0 aliphatic carbocycles. The summed E-state index contributed by atoms with van der Waals surface area (Å²) in [5, 5.41) is 135. The van der Waals surface area contributed by atoms with Crippen LogP contribution in [0.25, 0.3) is 0 Å². The second-order valence-electron chi connectivity index (χ2n) is 22.6. The van der Waals surface area contributed by atoms with Crippen LogP contribution in [0.3, 0.4) is 0 Å². The van der Waals surface area contributed by atoms with E-state index in [-0.39, 0.29) is 18.9 Å². The third-order valence-corrected chi connectivity index (χ3v) is 15.8. The zero-order valence-electron chi connectivity index (χ0n) is 48.2. The van der Waals surface area contributed by atoms with E-state index >= 15 is 0 Å². The summed E-state index contributed by atoms with van der Waals surface area (Å²) in [5.74, 6) is -6.10. The molecule has 23 heteroatoms. The van der Waals surface area contributed by atoms with Crippen molar-refractivity contribution in [1.82, 2.24) is 10.6 Å². The Labute approximate surface area is 474 Å². The number of rotatable bonds is 44. The Morgan fingerprint density at radius 2 is 1.09 bits per heavy atom. The highest BCUT2D eigenvalue weighted by Crippen LogP contribution is 2.38. The molecule has 0 bridgehead atoms. The fraction of sp³-hybridized carbons (Fsp3) is 0.947. The summed E-state index contributed by atoms with van der Waals surface area (Å²) < 4.78 is 34.7. The molecule has 80 heavy (non-hydrogen) atoms. The highest BCUT2D eigenvalue weighted by molar-refractivity contribution is 5.77. The first-order valence-electron chi connectivity index (χ1n) is 30.4. The minimum absolute atomic E-state index is 0.228. The average molecular weight is 1160 g/mol. The Morgan fingerprint density at radius 1 is 0.600 bits per heavy atom. The summed E-state index contributed by atoms with van der Waals surface area (Å²) in [6, 6.07) is -2.52. The molecule has 14 N–H and O–H groups in total. The smallest absolute Gasteiger partial charge is 0.364 e. The molecule has 18 unspecified atom stereocenters. The second kappa shape index (κ2) is 40.1. The van der Waals surface area contributed by atoms with E-state index < -0.39 is 148 Å². The van der Waals surface area contributed by atoms with Crippen LogP contribution in [-0.2, 0) is 42.8 Å². The molecular weight excluding hydrogens is 1050 g/mol. The molecule has 3 heterocycles. The van der Waals surface area contributed by atoms with E-state index in [0.717, 1.165) is 58.3 Å². The maximum absolute atomic E-state index is 13.4. The number of hydrogen-bond acceptors (Lipinski definition) is 20. The molecule has 3 fully saturated rings. The minimum atomic E-state index is -3.07. The van der Waals surface area contributed by atoms with Crippen molar-refractivity contribution in [2.45, 2.75) is 317 Å². The van der Waals surface area contributed by atoms with Crippen molar-refractivity contribution in [3.05, 3.63) is 0 Å². The first kappa shape index (κ1) is 72.0. The van der Waals surface area contributed by atoms with Crippen LogP contribution in [0, 0.1) is 0 Å². The van der Waals surface area contributed by atoms with Crippen LogP contribution in [0.5, 0.6) is 0 Å². The second-order valence-corrected chi connectivity index (χ2v) is 22.6. The van der Waals surface area contributed by atoms with Gasteiger partial charge in [0.2, 0.25) is 11.8 Å². The third-order valence-electron chi connectivity index (χ3n) is 15.8. The Morgan fingerprint density at radius 3 is 1.56 bits per heavy atom. The largest absolute Gasteiger partial charge is 0.477 e. The van der Waals surface area contributed by atoms with E-state index in [4.69, 9.17) is 28.4 Å². The van der Waals surface area contributed by atoms with Crippen LogP contribution >= 0.6 is 0 Å². The first-order valence-corrected chi connectivity index (χ1v) is 30.4. The summed E-state index contributed by atoms with van der Waals surface area (Å²) in [6.45, 7) is 2.16.